The fourth-order valence-electron chi connectivity index (χ4n) is 2.39. The van der Waals surface area contributed by atoms with Crippen molar-refractivity contribution in [3.63, 3.8) is 0 Å². The Labute approximate surface area is 103 Å². The molecule has 1 aliphatic rings. The molecule has 0 bridgehead atoms. The molecule has 1 atom stereocenters. The first-order chi connectivity index (χ1) is 8.16. The molecule has 0 aliphatic heterocycles. The summed E-state index contributed by atoms with van der Waals surface area (Å²) in [6, 6.07) is 6.37. The van der Waals surface area contributed by atoms with Crippen LogP contribution in [0.3, 0.4) is 0 Å². The van der Waals surface area contributed by atoms with Crippen molar-refractivity contribution in [3.8, 4) is 0 Å². The lowest BCUT2D eigenvalue weighted by molar-refractivity contribution is 0.170. The first-order valence-corrected chi connectivity index (χ1v) is 6.44. The summed E-state index contributed by atoms with van der Waals surface area (Å²) >= 11 is 0. The van der Waals surface area contributed by atoms with Crippen LogP contribution >= 0.6 is 0 Å². The Hall–Kier alpha value is -1.06. The summed E-state index contributed by atoms with van der Waals surface area (Å²) in [7, 11) is 0. The Morgan fingerprint density at radius 1 is 1.41 bits per heavy atom. The largest absolute Gasteiger partial charge is 0.399 e. The van der Waals surface area contributed by atoms with Crippen LogP contribution in [0, 0.1) is 6.92 Å². The molecule has 0 amide bonds. The molecule has 1 aromatic carbocycles. The highest BCUT2D eigenvalue weighted by molar-refractivity contribution is 5.48. The minimum atomic E-state index is -0.460. The standard InChI is InChI=1S/C14H22N2O/c1-10-6-7-11(8-13(10)15)14(17)9-16-12-4-2-3-5-12/h6-8,12,14,16-17H,2-5,9,15H2,1H3. The van der Waals surface area contributed by atoms with E-state index in [0.29, 0.717) is 12.6 Å². The van der Waals surface area contributed by atoms with Crippen LogP contribution in [0.4, 0.5) is 5.69 Å². The molecule has 0 saturated heterocycles. The smallest absolute Gasteiger partial charge is 0.0915 e. The summed E-state index contributed by atoms with van der Waals surface area (Å²) in [5.74, 6) is 0. The number of aliphatic hydroxyl groups is 1. The van der Waals surface area contributed by atoms with Crippen LogP contribution in [0.2, 0.25) is 0 Å². The van der Waals surface area contributed by atoms with Crippen molar-refractivity contribution in [1.82, 2.24) is 5.32 Å². The van der Waals surface area contributed by atoms with Crippen LogP contribution in [-0.2, 0) is 0 Å². The van der Waals surface area contributed by atoms with Crippen LogP contribution in [0.1, 0.15) is 42.9 Å². The van der Waals surface area contributed by atoms with Gasteiger partial charge in [-0.1, -0.05) is 25.0 Å². The monoisotopic (exact) mass is 234 g/mol. The zero-order valence-corrected chi connectivity index (χ0v) is 10.4. The second kappa shape index (κ2) is 5.52. The Bertz CT molecular complexity index is 372. The molecule has 0 spiro atoms. The van der Waals surface area contributed by atoms with Crippen molar-refractivity contribution in [2.24, 2.45) is 0 Å². The van der Waals surface area contributed by atoms with Crippen molar-refractivity contribution in [1.29, 1.82) is 0 Å². The molecule has 1 fully saturated rings. The third-order valence-corrected chi connectivity index (χ3v) is 3.64. The third kappa shape index (κ3) is 3.20. The van der Waals surface area contributed by atoms with E-state index in [2.05, 4.69) is 5.32 Å². The van der Waals surface area contributed by atoms with Crippen LogP contribution in [0.25, 0.3) is 0 Å². The summed E-state index contributed by atoms with van der Waals surface area (Å²) in [6.45, 7) is 2.59. The molecule has 1 aromatic rings. The van der Waals surface area contributed by atoms with Gasteiger partial charge < -0.3 is 16.2 Å². The molecule has 2 rings (SSSR count). The molecule has 1 saturated carbocycles. The van der Waals surface area contributed by atoms with Gasteiger partial charge in [0.2, 0.25) is 0 Å². The van der Waals surface area contributed by atoms with E-state index in [-0.39, 0.29) is 0 Å². The predicted octanol–water partition coefficient (Wildman–Crippen LogP) is 2.14. The number of nitrogens with two attached hydrogens (primary N) is 1. The number of rotatable bonds is 4. The highest BCUT2D eigenvalue weighted by atomic mass is 16.3. The van der Waals surface area contributed by atoms with Gasteiger partial charge in [-0.2, -0.15) is 0 Å². The van der Waals surface area contributed by atoms with Crippen molar-refractivity contribution >= 4 is 5.69 Å². The van der Waals surface area contributed by atoms with Gasteiger partial charge in [0.15, 0.2) is 0 Å². The molecular formula is C14H22N2O. The zero-order valence-electron chi connectivity index (χ0n) is 10.4. The summed E-state index contributed by atoms with van der Waals surface area (Å²) in [5, 5.41) is 13.5. The number of nitrogens with one attached hydrogen (secondary N) is 1. The molecular weight excluding hydrogens is 212 g/mol. The number of hydrogen-bond donors (Lipinski definition) is 3. The van der Waals surface area contributed by atoms with E-state index >= 15 is 0 Å². The van der Waals surface area contributed by atoms with Gasteiger partial charge in [-0.3, -0.25) is 0 Å². The number of anilines is 1. The van der Waals surface area contributed by atoms with Gasteiger partial charge >= 0.3 is 0 Å². The molecule has 0 aromatic heterocycles. The molecule has 0 radical (unpaired) electrons. The van der Waals surface area contributed by atoms with Crippen LogP contribution in [0.5, 0.6) is 0 Å². The van der Waals surface area contributed by atoms with E-state index in [1.165, 1.54) is 25.7 Å². The van der Waals surface area contributed by atoms with E-state index in [0.717, 1.165) is 16.8 Å². The lowest BCUT2D eigenvalue weighted by Crippen LogP contribution is -2.30. The SMILES string of the molecule is Cc1ccc(C(O)CNC2CCCC2)cc1N. The average Bonchev–Trinajstić information content (AvgIpc) is 2.82. The molecule has 1 unspecified atom stereocenters. The lowest BCUT2D eigenvalue weighted by atomic mass is 10.1. The van der Waals surface area contributed by atoms with Crippen molar-refractivity contribution < 1.29 is 5.11 Å². The van der Waals surface area contributed by atoms with Crippen molar-refractivity contribution in [2.45, 2.75) is 44.8 Å². The topological polar surface area (TPSA) is 58.3 Å². The van der Waals surface area contributed by atoms with E-state index in [1.807, 2.05) is 25.1 Å². The van der Waals surface area contributed by atoms with Gasteiger partial charge in [0, 0.05) is 18.3 Å². The number of aliphatic hydroxyl groups excluding tert-OH is 1. The third-order valence-electron chi connectivity index (χ3n) is 3.64. The quantitative estimate of drug-likeness (QED) is 0.700. The second-order valence-corrected chi connectivity index (χ2v) is 5.02. The maximum atomic E-state index is 10.1. The molecule has 4 N–H and O–H groups in total. The Balaban J connectivity index is 1.89. The summed E-state index contributed by atoms with van der Waals surface area (Å²) in [4.78, 5) is 0. The van der Waals surface area contributed by atoms with E-state index in [1.54, 1.807) is 0 Å². The lowest BCUT2D eigenvalue weighted by Gasteiger charge is -2.17. The fraction of sp³-hybridized carbons (Fsp3) is 0.571. The highest BCUT2D eigenvalue weighted by Crippen LogP contribution is 2.21. The van der Waals surface area contributed by atoms with Gasteiger partial charge in [0.05, 0.1) is 6.10 Å². The molecule has 3 heteroatoms. The number of hydrogen-bond acceptors (Lipinski definition) is 3. The van der Waals surface area contributed by atoms with E-state index in [4.69, 9.17) is 5.73 Å². The molecule has 0 heterocycles. The molecule has 94 valence electrons. The van der Waals surface area contributed by atoms with Crippen LogP contribution < -0.4 is 11.1 Å². The average molecular weight is 234 g/mol. The Morgan fingerprint density at radius 2 is 2.12 bits per heavy atom. The maximum absolute atomic E-state index is 10.1. The Morgan fingerprint density at radius 3 is 2.76 bits per heavy atom. The number of benzene rings is 1. The highest BCUT2D eigenvalue weighted by Gasteiger charge is 2.16. The van der Waals surface area contributed by atoms with Gasteiger partial charge in [0.1, 0.15) is 0 Å². The first-order valence-electron chi connectivity index (χ1n) is 6.44. The first kappa shape index (κ1) is 12.4. The maximum Gasteiger partial charge on any atom is 0.0915 e. The summed E-state index contributed by atoms with van der Waals surface area (Å²) < 4.78 is 0. The Kier molecular flexibility index (Phi) is 4.02. The van der Waals surface area contributed by atoms with E-state index < -0.39 is 6.10 Å². The molecule has 17 heavy (non-hydrogen) atoms. The zero-order chi connectivity index (χ0) is 12.3. The van der Waals surface area contributed by atoms with Crippen molar-refractivity contribution in [3.05, 3.63) is 29.3 Å². The summed E-state index contributed by atoms with van der Waals surface area (Å²) in [6.07, 6.45) is 4.64. The van der Waals surface area contributed by atoms with Gasteiger partial charge in [-0.25, -0.2) is 0 Å². The van der Waals surface area contributed by atoms with Gasteiger partial charge in [0.25, 0.3) is 0 Å². The fourth-order valence-corrected chi connectivity index (χ4v) is 2.39. The molecule has 1 aliphatic carbocycles. The van der Waals surface area contributed by atoms with Crippen molar-refractivity contribution in [2.75, 3.05) is 12.3 Å². The van der Waals surface area contributed by atoms with Crippen LogP contribution in [-0.4, -0.2) is 17.7 Å². The minimum Gasteiger partial charge on any atom is -0.399 e. The van der Waals surface area contributed by atoms with Gasteiger partial charge in [-0.15, -0.1) is 0 Å². The number of nitrogen functional groups attached to an aromatic ring is 1. The van der Waals surface area contributed by atoms with E-state index in [9.17, 15) is 5.11 Å². The normalized spacial score (nSPS) is 18.5. The second-order valence-electron chi connectivity index (χ2n) is 5.02. The number of aryl methyl sites for hydroxylation is 1. The van der Waals surface area contributed by atoms with Gasteiger partial charge in [-0.05, 0) is 37.0 Å². The molecule has 3 nitrogen and oxygen atoms in total. The summed E-state index contributed by atoms with van der Waals surface area (Å²) in [5.41, 5.74) is 8.56. The van der Waals surface area contributed by atoms with Crippen LogP contribution in [0.15, 0.2) is 18.2 Å². The minimum absolute atomic E-state index is 0.460. The predicted molar refractivity (Wildman–Crippen MR) is 70.8 cm³/mol.